The molecule has 0 aliphatic carbocycles. The van der Waals surface area contributed by atoms with Gasteiger partial charge in [-0.15, -0.1) is 0 Å². The number of likely N-dealkylation sites (tertiary alicyclic amines) is 1. The Hall–Kier alpha value is -1.60. The molecule has 31 heavy (non-hydrogen) atoms. The number of para-hydroxylation sites is 1. The van der Waals surface area contributed by atoms with Crippen LogP contribution in [0.1, 0.15) is 32.3 Å². The van der Waals surface area contributed by atoms with Crippen LogP contribution in [0.2, 0.25) is 5.02 Å². The minimum atomic E-state index is -3.48. The summed E-state index contributed by atoms with van der Waals surface area (Å²) in [6.45, 7) is 8.89. The lowest BCUT2D eigenvalue weighted by Gasteiger charge is -2.25. The van der Waals surface area contributed by atoms with Crippen molar-refractivity contribution in [2.45, 2.75) is 38.1 Å². The van der Waals surface area contributed by atoms with Gasteiger partial charge in [0, 0.05) is 36.8 Å². The molecule has 1 spiro atoms. The van der Waals surface area contributed by atoms with Crippen molar-refractivity contribution in [1.82, 2.24) is 9.21 Å². The number of ether oxygens (including phenoxy) is 1. The second-order valence-corrected chi connectivity index (χ2v) is 11.7. The highest BCUT2D eigenvalue weighted by Gasteiger charge is 2.46. The normalized spacial score (nSPS) is 22.6. The van der Waals surface area contributed by atoms with Crippen LogP contribution in [-0.2, 0) is 16.6 Å². The highest BCUT2D eigenvalue weighted by atomic mass is 35.5. The SMILES string of the molecule is CC(C)COc1ccccc1CN1CCC2(CCN(S(=O)(=O)c3ccc(Cl)cc3)C2)C1. The van der Waals surface area contributed by atoms with Gasteiger partial charge in [-0.3, -0.25) is 4.90 Å². The molecule has 0 amide bonds. The number of hydrogen-bond donors (Lipinski definition) is 0. The van der Waals surface area contributed by atoms with Crippen molar-refractivity contribution in [3.63, 3.8) is 0 Å². The smallest absolute Gasteiger partial charge is 0.243 e. The summed E-state index contributed by atoms with van der Waals surface area (Å²) in [5, 5.41) is 0.543. The van der Waals surface area contributed by atoms with Crippen molar-refractivity contribution in [2.75, 3.05) is 32.8 Å². The molecule has 2 aromatic rings. The van der Waals surface area contributed by atoms with E-state index in [1.807, 2.05) is 12.1 Å². The highest BCUT2D eigenvalue weighted by Crippen LogP contribution is 2.42. The maximum atomic E-state index is 13.1. The van der Waals surface area contributed by atoms with Crippen LogP contribution in [0.25, 0.3) is 0 Å². The summed E-state index contributed by atoms with van der Waals surface area (Å²) in [4.78, 5) is 2.76. The lowest BCUT2D eigenvalue weighted by atomic mass is 9.86. The molecular weight excluding hydrogens is 432 g/mol. The predicted octanol–water partition coefficient (Wildman–Crippen LogP) is 4.66. The van der Waals surface area contributed by atoms with E-state index < -0.39 is 10.0 Å². The molecule has 2 saturated heterocycles. The van der Waals surface area contributed by atoms with E-state index in [0.717, 1.165) is 38.2 Å². The average Bonchev–Trinajstić information content (AvgIpc) is 3.34. The topological polar surface area (TPSA) is 49.9 Å². The highest BCUT2D eigenvalue weighted by molar-refractivity contribution is 7.89. The van der Waals surface area contributed by atoms with Gasteiger partial charge in [-0.05, 0) is 61.1 Å². The Morgan fingerprint density at radius 1 is 1.03 bits per heavy atom. The van der Waals surface area contributed by atoms with Crippen molar-refractivity contribution >= 4 is 21.6 Å². The zero-order chi connectivity index (χ0) is 22.1. The van der Waals surface area contributed by atoms with Gasteiger partial charge in [-0.2, -0.15) is 4.31 Å². The first-order valence-electron chi connectivity index (χ1n) is 11.0. The molecule has 0 saturated carbocycles. The number of nitrogens with zero attached hydrogens (tertiary/aromatic N) is 2. The van der Waals surface area contributed by atoms with Crippen LogP contribution in [0.3, 0.4) is 0 Å². The summed E-state index contributed by atoms with van der Waals surface area (Å²) in [5.41, 5.74) is 1.23. The van der Waals surface area contributed by atoms with Crippen LogP contribution in [0, 0.1) is 11.3 Å². The van der Waals surface area contributed by atoms with Crippen LogP contribution in [0.5, 0.6) is 5.75 Å². The fourth-order valence-corrected chi connectivity index (χ4v) is 6.30. The summed E-state index contributed by atoms with van der Waals surface area (Å²) in [5.74, 6) is 1.44. The fourth-order valence-electron chi connectivity index (χ4n) is 4.62. The summed E-state index contributed by atoms with van der Waals surface area (Å²) >= 11 is 5.93. The van der Waals surface area contributed by atoms with Gasteiger partial charge < -0.3 is 4.74 Å². The number of rotatable bonds is 7. The van der Waals surface area contributed by atoms with Crippen molar-refractivity contribution in [3.05, 3.63) is 59.1 Å². The molecule has 168 valence electrons. The third-order valence-corrected chi connectivity index (χ3v) is 8.42. The van der Waals surface area contributed by atoms with Gasteiger partial charge in [0.05, 0.1) is 11.5 Å². The number of benzene rings is 2. The molecule has 1 atom stereocenters. The molecular formula is C24H31ClN2O3S. The van der Waals surface area contributed by atoms with E-state index >= 15 is 0 Å². The summed E-state index contributed by atoms with van der Waals surface area (Å²) in [6.07, 6.45) is 1.93. The van der Waals surface area contributed by atoms with Crippen LogP contribution in [-0.4, -0.2) is 50.4 Å². The monoisotopic (exact) mass is 462 g/mol. The third kappa shape index (κ3) is 5.08. The Bertz CT molecular complexity index is 1010. The molecule has 2 heterocycles. The first-order chi connectivity index (χ1) is 14.8. The van der Waals surface area contributed by atoms with Crippen LogP contribution in [0.4, 0.5) is 0 Å². The van der Waals surface area contributed by atoms with Gasteiger partial charge in [0.1, 0.15) is 5.75 Å². The van der Waals surface area contributed by atoms with Crippen molar-refractivity contribution in [3.8, 4) is 5.75 Å². The summed E-state index contributed by atoms with van der Waals surface area (Å²) < 4.78 is 33.8. The van der Waals surface area contributed by atoms with Crippen molar-refractivity contribution in [2.24, 2.45) is 11.3 Å². The Morgan fingerprint density at radius 2 is 1.74 bits per heavy atom. The van der Waals surface area contributed by atoms with Gasteiger partial charge in [0.25, 0.3) is 0 Å². The van der Waals surface area contributed by atoms with Crippen molar-refractivity contribution in [1.29, 1.82) is 0 Å². The largest absolute Gasteiger partial charge is 0.493 e. The summed E-state index contributed by atoms with van der Waals surface area (Å²) in [6, 6.07) is 14.7. The minimum absolute atomic E-state index is 0.0349. The molecule has 0 radical (unpaired) electrons. The third-order valence-electron chi connectivity index (χ3n) is 6.31. The zero-order valence-electron chi connectivity index (χ0n) is 18.3. The first-order valence-corrected chi connectivity index (χ1v) is 12.8. The van der Waals surface area contributed by atoms with Gasteiger partial charge in [-0.25, -0.2) is 8.42 Å². The molecule has 0 aromatic heterocycles. The molecule has 2 aromatic carbocycles. The van der Waals surface area contributed by atoms with E-state index in [0.29, 0.717) is 35.5 Å². The lowest BCUT2D eigenvalue weighted by Crippen LogP contribution is -2.34. The molecule has 1 unspecified atom stereocenters. The molecule has 2 aliphatic rings. The predicted molar refractivity (Wildman–Crippen MR) is 124 cm³/mol. The van der Waals surface area contributed by atoms with E-state index in [1.54, 1.807) is 28.6 Å². The second-order valence-electron chi connectivity index (χ2n) is 9.32. The quantitative estimate of drug-likeness (QED) is 0.600. The standard InChI is InChI=1S/C24H31ClN2O3S/c1-19(2)16-30-23-6-4-3-5-20(23)15-26-13-11-24(17-26)12-14-27(18-24)31(28,29)22-9-7-21(25)8-10-22/h3-10,19H,11-18H2,1-2H3. The zero-order valence-corrected chi connectivity index (χ0v) is 19.8. The van der Waals surface area contributed by atoms with Crippen LogP contribution >= 0.6 is 11.6 Å². The Balaban J connectivity index is 1.41. The molecule has 7 heteroatoms. The van der Waals surface area contributed by atoms with E-state index in [9.17, 15) is 8.42 Å². The van der Waals surface area contributed by atoms with Gasteiger partial charge in [0.15, 0.2) is 0 Å². The van der Waals surface area contributed by atoms with Gasteiger partial charge in [0.2, 0.25) is 10.0 Å². The molecule has 2 aliphatic heterocycles. The molecule has 0 bridgehead atoms. The van der Waals surface area contributed by atoms with E-state index in [1.165, 1.54) is 5.56 Å². The Morgan fingerprint density at radius 3 is 2.48 bits per heavy atom. The molecule has 0 N–H and O–H groups in total. The van der Waals surface area contributed by atoms with Gasteiger partial charge in [-0.1, -0.05) is 43.6 Å². The van der Waals surface area contributed by atoms with Crippen LogP contribution in [0.15, 0.2) is 53.4 Å². The van der Waals surface area contributed by atoms with Gasteiger partial charge >= 0.3 is 0 Å². The Kier molecular flexibility index (Phi) is 6.63. The number of hydrogen-bond acceptors (Lipinski definition) is 4. The number of halogens is 1. The maximum absolute atomic E-state index is 13.1. The minimum Gasteiger partial charge on any atom is -0.493 e. The second kappa shape index (κ2) is 9.10. The lowest BCUT2D eigenvalue weighted by molar-refractivity contribution is 0.245. The number of sulfonamides is 1. The molecule has 4 rings (SSSR count). The van der Waals surface area contributed by atoms with Crippen LogP contribution < -0.4 is 4.74 Å². The fraction of sp³-hybridized carbons (Fsp3) is 0.500. The molecule has 5 nitrogen and oxygen atoms in total. The van der Waals surface area contributed by atoms with Crippen molar-refractivity contribution < 1.29 is 13.2 Å². The maximum Gasteiger partial charge on any atom is 0.243 e. The first kappa shape index (κ1) is 22.6. The summed E-state index contributed by atoms with van der Waals surface area (Å²) in [7, 11) is -3.48. The van der Waals surface area contributed by atoms with E-state index in [4.69, 9.17) is 16.3 Å². The Labute approximate surface area is 191 Å². The molecule has 2 fully saturated rings. The van der Waals surface area contributed by atoms with E-state index in [2.05, 4.69) is 30.9 Å². The van der Waals surface area contributed by atoms with E-state index in [-0.39, 0.29) is 5.41 Å². The average molecular weight is 463 g/mol.